The van der Waals surface area contributed by atoms with Gasteiger partial charge in [0.2, 0.25) is 10.0 Å². The number of carbonyl (C=O) groups excluding carboxylic acids is 1. The quantitative estimate of drug-likeness (QED) is 0.448. The number of hydrogen-bond acceptors (Lipinski definition) is 8. The second-order valence-corrected chi connectivity index (χ2v) is 11.6. The second kappa shape index (κ2) is 10.2. The van der Waals surface area contributed by atoms with Gasteiger partial charge < -0.3 is 9.45 Å². The number of halogens is 3. The Bertz CT molecular complexity index is 1370. The molecule has 0 bridgehead atoms. The first-order chi connectivity index (χ1) is 16.3. The van der Waals surface area contributed by atoms with E-state index in [0.717, 1.165) is 29.7 Å². The van der Waals surface area contributed by atoms with E-state index in [4.69, 9.17) is 5.26 Å². The number of benzene rings is 2. The van der Waals surface area contributed by atoms with Gasteiger partial charge in [-0.1, -0.05) is 12.1 Å². The minimum atomic E-state index is -4.88. The average Bonchev–Trinajstić information content (AvgIpc) is 3.17. The molecule has 35 heavy (non-hydrogen) atoms. The van der Waals surface area contributed by atoms with Gasteiger partial charge in [0.25, 0.3) is 5.91 Å². The lowest BCUT2D eigenvalue weighted by molar-refractivity contribution is -0.0435. The van der Waals surface area contributed by atoms with Crippen molar-refractivity contribution in [2.75, 3.05) is 11.2 Å². The number of sulfonamides is 1. The van der Waals surface area contributed by atoms with Gasteiger partial charge >= 0.3 is 5.51 Å². The van der Waals surface area contributed by atoms with Crippen LogP contribution in [0.3, 0.4) is 0 Å². The van der Waals surface area contributed by atoms with E-state index in [1.807, 2.05) is 10.8 Å². The largest absolute Gasteiger partial charge is 0.604 e. The number of anilines is 2. The molecule has 3 aromatic rings. The fourth-order valence-electron chi connectivity index (χ4n) is 2.95. The Morgan fingerprint density at radius 1 is 1.20 bits per heavy atom. The van der Waals surface area contributed by atoms with Crippen LogP contribution in [-0.2, 0) is 27.7 Å². The van der Waals surface area contributed by atoms with Crippen molar-refractivity contribution in [3.05, 3.63) is 70.2 Å². The second-order valence-electron chi connectivity index (χ2n) is 7.21. The molecule has 8 nitrogen and oxygen atoms in total. The summed E-state index contributed by atoms with van der Waals surface area (Å²) < 4.78 is 74.6. The zero-order valence-electron chi connectivity index (χ0n) is 18.2. The van der Waals surface area contributed by atoms with Crippen molar-refractivity contribution in [1.29, 1.82) is 5.26 Å². The lowest BCUT2D eigenvalue weighted by atomic mass is 10.2. The molecule has 2 aromatic carbocycles. The third kappa shape index (κ3) is 6.73. The topological polar surface area (TPSA) is 126 Å². The van der Waals surface area contributed by atoms with Crippen LogP contribution in [0.2, 0.25) is 0 Å². The van der Waals surface area contributed by atoms with Crippen molar-refractivity contribution < 1.29 is 30.9 Å². The smallest absolute Gasteiger partial charge is 0.578 e. The van der Waals surface area contributed by atoms with Crippen LogP contribution in [0.15, 0.2) is 53.4 Å². The molecule has 1 atom stereocenters. The van der Waals surface area contributed by atoms with Crippen LogP contribution in [-0.4, -0.2) is 35.6 Å². The van der Waals surface area contributed by atoms with Gasteiger partial charge in [-0.2, -0.15) is 5.26 Å². The summed E-state index contributed by atoms with van der Waals surface area (Å²) >= 11 is -2.05. The summed E-state index contributed by atoms with van der Waals surface area (Å²) in [6.07, 6.45) is 0.839. The number of thiazole rings is 1. The molecule has 1 heterocycles. The first-order valence-electron chi connectivity index (χ1n) is 9.63. The highest BCUT2D eigenvalue weighted by atomic mass is 32.2. The molecule has 0 saturated carbocycles. The third-order valence-electron chi connectivity index (χ3n) is 4.51. The zero-order valence-corrected chi connectivity index (χ0v) is 20.6. The van der Waals surface area contributed by atoms with Crippen LogP contribution in [0.4, 0.5) is 24.0 Å². The molecule has 0 aliphatic heterocycles. The number of alkyl halides is 3. The molecule has 1 N–H and O–H groups in total. The summed E-state index contributed by atoms with van der Waals surface area (Å²) in [7, 11) is -3.81. The Balaban J connectivity index is 1.98. The standard InChI is InChI=1S/C21H17F3N4O4S3/c1-13-18(19(29)27-35(2,31)32)26-20(33-13)28(16-7-3-14(11-25)4-8-16)12-15-5-9-17(10-6-15)34(30)21(22,23)24/h3-10H,12H2,1-2H3,(H,27,29). The van der Waals surface area contributed by atoms with Crippen molar-refractivity contribution in [3.63, 3.8) is 0 Å². The lowest BCUT2D eigenvalue weighted by Crippen LogP contribution is -2.30. The molecule has 14 heteroatoms. The third-order valence-corrected chi connectivity index (χ3v) is 7.18. The van der Waals surface area contributed by atoms with Gasteiger partial charge in [-0.3, -0.25) is 4.79 Å². The Labute approximate surface area is 206 Å². The molecular formula is C21H17F3N4O4S3. The summed E-state index contributed by atoms with van der Waals surface area (Å²) in [4.78, 5) is 18.4. The first kappa shape index (κ1) is 26.5. The van der Waals surface area contributed by atoms with Gasteiger partial charge in [-0.25, -0.2) is 18.1 Å². The number of nitrogens with zero attached hydrogens (tertiary/aromatic N) is 3. The normalized spacial score (nSPS) is 12.6. The molecule has 0 spiro atoms. The Morgan fingerprint density at radius 2 is 1.80 bits per heavy atom. The number of carbonyl (C=O) groups is 1. The predicted octanol–water partition coefficient (Wildman–Crippen LogP) is 3.98. The minimum Gasteiger partial charge on any atom is -0.604 e. The molecule has 0 aliphatic carbocycles. The Kier molecular flexibility index (Phi) is 7.75. The fourth-order valence-corrected chi connectivity index (χ4v) is 4.96. The minimum absolute atomic E-state index is 0.0926. The van der Waals surface area contributed by atoms with Gasteiger partial charge in [0.1, 0.15) is 5.69 Å². The highest BCUT2D eigenvalue weighted by Crippen LogP contribution is 2.34. The summed E-state index contributed by atoms with van der Waals surface area (Å²) in [6, 6.07) is 13.4. The number of amides is 1. The molecule has 1 amide bonds. The van der Waals surface area contributed by atoms with Crippen LogP contribution in [0.25, 0.3) is 0 Å². The number of rotatable bonds is 7. The van der Waals surface area contributed by atoms with E-state index in [0.29, 0.717) is 26.8 Å². The van der Waals surface area contributed by atoms with Crippen molar-refractivity contribution in [3.8, 4) is 6.07 Å². The van der Waals surface area contributed by atoms with Crippen molar-refractivity contribution >= 4 is 49.3 Å². The van der Waals surface area contributed by atoms with Crippen LogP contribution in [0, 0.1) is 18.3 Å². The summed E-state index contributed by atoms with van der Waals surface area (Å²) in [6.45, 7) is 1.70. The maximum Gasteiger partial charge on any atom is 0.578 e. The maximum absolute atomic E-state index is 12.7. The zero-order chi connectivity index (χ0) is 26.0. The monoisotopic (exact) mass is 542 g/mol. The fraction of sp³-hybridized carbons (Fsp3) is 0.190. The van der Waals surface area contributed by atoms with E-state index < -0.39 is 37.5 Å². The van der Waals surface area contributed by atoms with Crippen LogP contribution >= 0.6 is 11.3 Å². The Hall–Kier alpha value is -3.12. The molecule has 0 saturated heterocycles. The van der Waals surface area contributed by atoms with E-state index >= 15 is 0 Å². The molecule has 1 unspecified atom stereocenters. The molecule has 0 fully saturated rings. The molecular weight excluding hydrogens is 525 g/mol. The van der Waals surface area contributed by atoms with E-state index in [-0.39, 0.29) is 12.2 Å². The molecule has 3 rings (SSSR count). The van der Waals surface area contributed by atoms with Crippen molar-refractivity contribution in [2.45, 2.75) is 23.9 Å². The first-order valence-corrected chi connectivity index (χ1v) is 13.5. The van der Waals surface area contributed by atoms with Crippen LogP contribution in [0.5, 0.6) is 0 Å². The maximum atomic E-state index is 12.7. The van der Waals surface area contributed by atoms with Gasteiger partial charge in [0.05, 0.1) is 35.6 Å². The van der Waals surface area contributed by atoms with E-state index in [9.17, 15) is 30.9 Å². The van der Waals surface area contributed by atoms with E-state index in [1.165, 1.54) is 12.1 Å². The SMILES string of the molecule is Cc1sc(N(Cc2ccc([S+]([O-])C(F)(F)F)cc2)c2ccc(C#N)cc2)nc1C(=O)NS(C)(=O)=O. The molecule has 1 aromatic heterocycles. The number of aryl methyl sites for hydroxylation is 1. The van der Waals surface area contributed by atoms with Gasteiger partial charge in [0.15, 0.2) is 10.0 Å². The number of nitrogens with one attached hydrogen (secondary N) is 1. The van der Waals surface area contributed by atoms with E-state index in [2.05, 4.69) is 4.98 Å². The van der Waals surface area contributed by atoms with Gasteiger partial charge in [-0.15, -0.1) is 24.5 Å². The lowest BCUT2D eigenvalue weighted by Gasteiger charge is -2.22. The van der Waals surface area contributed by atoms with Crippen molar-refractivity contribution in [2.24, 2.45) is 0 Å². The molecule has 0 aliphatic rings. The average molecular weight is 543 g/mol. The van der Waals surface area contributed by atoms with Crippen LogP contribution < -0.4 is 9.62 Å². The highest BCUT2D eigenvalue weighted by Gasteiger charge is 2.46. The summed E-state index contributed by atoms with van der Waals surface area (Å²) in [5.74, 6) is -0.897. The predicted molar refractivity (Wildman–Crippen MR) is 125 cm³/mol. The number of aromatic nitrogens is 1. The Morgan fingerprint density at radius 3 is 2.31 bits per heavy atom. The molecule has 0 radical (unpaired) electrons. The number of nitriles is 1. The van der Waals surface area contributed by atoms with Gasteiger partial charge in [-0.05, 0) is 48.9 Å². The van der Waals surface area contributed by atoms with E-state index in [1.54, 1.807) is 36.1 Å². The van der Waals surface area contributed by atoms with Gasteiger partial charge in [0, 0.05) is 10.6 Å². The number of hydrogen-bond donors (Lipinski definition) is 1. The summed E-state index contributed by atoms with van der Waals surface area (Å²) in [5, 5.41) is 9.38. The van der Waals surface area contributed by atoms with Crippen molar-refractivity contribution in [1.82, 2.24) is 9.71 Å². The highest BCUT2D eigenvalue weighted by molar-refractivity contribution is 7.92. The molecule has 184 valence electrons. The van der Waals surface area contributed by atoms with Crippen LogP contribution in [0.1, 0.15) is 26.5 Å². The summed E-state index contributed by atoms with van der Waals surface area (Å²) in [5.41, 5.74) is -3.46.